The lowest BCUT2D eigenvalue weighted by molar-refractivity contribution is 0.415. The summed E-state index contributed by atoms with van der Waals surface area (Å²) in [4.78, 5) is 0. The molecule has 90 valence electrons. The second-order valence-electron chi connectivity index (χ2n) is 3.93. The van der Waals surface area contributed by atoms with Crippen LogP contribution < -0.4 is 10.1 Å². The summed E-state index contributed by atoms with van der Waals surface area (Å²) in [5.74, 6) is 0.909. The van der Waals surface area contributed by atoms with Gasteiger partial charge in [-0.3, -0.25) is 0 Å². The quantitative estimate of drug-likeness (QED) is 0.519. The molecule has 0 spiro atoms. The van der Waals surface area contributed by atoms with E-state index in [2.05, 4.69) is 51.6 Å². The molecule has 0 radical (unpaired) electrons. The number of hydrogen-bond acceptors (Lipinski definition) is 2. The fourth-order valence-corrected chi connectivity index (χ4v) is 2.14. The van der Waals surface area contributed by atoms with Crippen LogP contribution >= 0.6 is 15.9 Å². The van der Waals surface area contributed by atoms with Crippen LogP contribution in [0.25, 0.3) is 10.8 Å². The van der Waals surface area contributed by atoms with Crippen LogP contribution in [0.3, 0.4) is 0 Å². The molecule has 2 rings (SSSR count). The Kier molecular flexibility index (Phi) is 4.40. The Labute approximate surface area is 110 Å². The lowest BCUT2D eigenvalue weighted by Gasteiger charge is -2.06. The summed E-state index contributed by atoms with van der Waals surface area (Å²) in [5, 5.41) is 5.75. The molecule has 0 aromatic heterocycles. The van der Waals surface area contributed by atoms with Crippen molar-refractivity contribution in [3.63, 3.8) is 0 Å². The molecule has 0 aliphatic heterocycles. The number of alkyl halides is 1. The maximum atomic E-state index is 5.22. The zero-order valence-electron chi connectivity index (χ0n) is 9.87. The van der Waals surface area contributed by atoms with Crippen molar-refractivity contribution >= 4 is 26.7 Å². The number of rotatable bonds is 5. The average molecular weight is 294 g/mol. The molecule has 0 unspecified atom stereocenters. The smallest absolute Gasteiger partial charge is 0.119 e. The van der Waals surface area contributed by atoms with Crippen LogP contribution in [0.4, 0.5) is 0 Å². The van der Waals surface area contributed by atoms with Crippen molar-refractivity contribution in [3.05, 3.63) is 42.0 Å². The molecule has 0 amide bonds. The number of halogens is 1. The highest BCUT2D eigenvalue weighted by molar-refractivity contribution is 9.09. The molecular weight excluding hydrogens is 278 g/mol. The molecule has 2 aromatic carbocycles. The third-order valence-corrected chi connectivity index (χ3v) is 3.19. The molecule has 0 saturated heterocycles. The van der Waals surface area contributed by atoms with Gasteiger partial charge in [-0.05, 0) is 41.4 Å². The van der Waals surface area contributed by atoms with E-state index < -0.39 is 0 Å². The Morgan fingerprint density at radius 1 is 1.12 bits per heavy atom. The van der Waals surface area contributed by atoms with E-state index in [1.807, 2.05) is 6.07 Å². The Morgan fingerprint density at radius 2 is 1.88 bits per heavy atom. The first kappa shape index (κ1) is 12.4. The third kappa shape index (κ3) is 3.20. The molecule has 0 aliphatic rings. The lowest BCUT2D eigenvalue weighted by atomic mass is 10.0. The van der Waals surface area contributed by atoms with Gasteiger partial charge in [-0.25, -0.2) is 0 Å². The molecule has 0 heterocycles. The average Bonchev–Trinajstić information content (AvgIpc) is 2.38. The van der Waals surface area contributed by atoms with Crippen molar-refractivity contribution in [1.82, 2.24) is 5.32 Å². The van der Waals surface area contributed by atoms with Crippen LogP contribution in [0.1, 0.15) is 5.56 Å². The standard InChI is InChI=1S/C14H16BrNO/c1-17-14-5-4-12-8-11(6-7-16-10-15)2-3-13(12)9-14/h2-5,8-9,16H,6-7,10H2,1H3. The molecule has 2 aromatic rings. The first-order chi connectivity index (χ1) is 8.33. The maximum Gasteiger partial charge on any atom is 0.119 e. The highest BCUT2D eigenvalue weighted by atomic mass is 79.9. The van der Waals surface area contributed by atoms with Gasteiger partial charge >= 0.3 is 0 Å². The number of benzene rings is 2. The van der Waals surface area contributed by atoms with Crippen molar-refractivity contribution in [2.24, 2.45) is 0 Å². The summed E-state index contributed by atoms with van der Waals surface area (Å²) in [7, 11) is 1.70. The van der Waals surface area contributed by atoms with Crippen LogP contribution in [0, 0.1) is 0 Å². The summed E-state index contributed by atoms with van der Waals surface area (Å²) in [6.07, 6.45) is 1.05. The number of hydrogen-bond donors (Lipinski definition) is 1. The zero-order valence-corrected chi connectivity index (χ0v) is 11.5. The second-order valence-corrected chi connectivity index (χ2v) is 4.49. The SMILES string of the molecule is COc1ccc2cc(CCNCBr)ccc2c1. The van der Waals surface area contributed by atoms with Gasteiger partial charge in [0, 0.05) is 0 Å². The largest absolute Gasteiger partial charge is 0.497 e. The van der Waals surface area contributed by atoms with Gasteiger partial charge in [-0.1, -0.05) is 40.2 Å². The Hall–Kier alpha value is -1.06. The molecule has 0 atom stereocenters. The third-order valence-electron chi connectivity index (χ3n) is 2.80. The first-order valence-electron chi connectivity index (χ1n) is 5.67. The highest BCUT2D eigenvalue weighted by Crippen LogP contribution is 2.21. The Morgan fingerprint density at radius 3 is 2.65 bits per heavy atom. The molecule has 2 nitrogen and oxygen atoms in total. The number of methoxy groups -OCH3 is 1. The molecule has 0 saturated carbocycles. The van der Waals surface area contributed by atoms with Crippen molar-refractivity contribution in [2.75, 3.05) is 19.1 Å². The fourth-order valence-electron chi connectivity index (χ4n) is 1.86. The van der Waals surface area contributed by atoms with Crippen molar-refractivity contribution in [1.29, 1.82) is 0 Å². The predicted molar refractivity (Wildman–Crippen MR) is 76.0 cm³/mol. The van der Waals surface area contributed by atoms with Crippen molar-refractivity contribution in [2.45, 2.75) is 6.42 Å². The number of ether oxygens (including phenoxy) is 1. The van der Waals surface area contributed by atoms with Crippen molar-refractivity contribution < 1.29 is 4.74 Å². The fraction of sp³-hybridized carbons (Fsp3) is 0.286. The molecule has 1 N–H and O–H groups in total. The minimum atomic E-state index is 0.845. The molecule has 0 bridgehead atoms. The lowest BCUT2D eigenvalue weighted by Crippen LogP contribution is -2.14. The van der Waals surface area contributed by atoms with E-state index in [-0.39, 0.29) is 0 Å². The topological polar surface area (TPSA) is 21.3 Å². The summed E-state index contributed by atoms with van der Waals surface area (Å²) >= 11 is 3.35. The first-order valence-corrected chi connectivity index (χ1v) is 6.79. The maximum absolute atomic E-state index is 5.22. The Balaban J connectivity index is 2.19. The van der Waals surface area contributed by atoms with Crippen LogP contribution in [0.15, 0.2) is 36.4 Å². The van der Waals surface area contributed by atoms with E-state index in [0.29, 0.717) is 0 Å². The summed E-state index contributed by atoms with van der Waals surface area (Å²) in [6, 6.07) is 12.7. The van der Waals surface area contributed by atoms with Gasteiger partial charge in [-0.15, -0.1) is 0 Å². The monoisotopic (exact) mass is 293 g/mol. The van der Waals surface area contributed by atoms with E-state index in [1.54, 1.807) is 7.11 Å². The second kappa shape index (κ2) is 6.03. The number of nitrogens with one attached hydrogen (secondary N) is 1. The minimum Gasteiger partial charge on any atom is -0.497 e. The predicted octanol–water partition coefficient (Wildman–Crippen LogP) is 3.33. The van der Waals surface area contributed by atoms with Gasteiger partial charge in [0.1, 0.15) is 5.75 Å². The summed E-state index contributed by atoms with van der Waals surface area (Å²) in [5.41, 5.74) is 2.20. The van der Waals surface area contributed by atoms with Gasteiger partial charge in [0.25, 0.3) is 0 Å². The Bertz CT molecular complexity index is 499. The summed E-state index contributed by atoms with van der Waals surface area (Å²) in [6.45, 7) is 0.993. The van der Waals surface area contributed by atoms with Gasteiger partial charge in [0.05, 0.1) is 12.6 Å². The van der Waals surface area contributed by atoms with E-state index in [1.165, 1.54) is 16.3 Å². The number of fused-ring (bicyclic) bond motifs is 1. The zero-order chi connectivity index (χ0) is 12.1. The summed E-state index contributed by atoms with van der Waals surface area (Å²) < 4.78 is 5.22. The van der Waals surface area contributed by atoms with Gasteiger partial charge in [-0.2, -0.15) is 0 Å². The van der Waals surface area contributed by atoms with Crippen LogP contribution in [-0.2, 0) is 6.42 Å². The minimum absolute atomic E-state index is 0.845. The molecule has 0 fully saturated rings. The molecule has 0 aliphatic carbocycles. The van der Waals surface area contributed by atoms with E-state index in [4.69, 9.17) is 4.74 Å². The van der Waals surface area contributed by atoms with Crippen molar-refractivity contribution in [3.8, 4) is 5.75 Å². The molecular formula is C14H16BrNO. The van der Waals surface area contributed by atoms with Gasteiger partial charge in [0.2, 0.25) is 0 Å². The van der Waals surface area contributed by atoms with E-state index >= 15 is 0 Å². The van der Waals surface area contributed by atoms with Gasteiger partial charge in [0.15, 0.2) is 0 Å². The highest BCUT2D eigenvalue weighted by Gasteiger charge is 1.98. The normalized spacial score (nSPS) is 10.7. The van der Waals surface area contributed by atoms with Crippen LogP contribution in [0.2, 0.25) is 0 Å². The molecule has 17 heavy (non-hydrogen) atoms. The van der Waals surface area contributed by atoms with Gasteiger partial charge < -0.3 is 10.1 Å². The van der Waals surface area contributed by atoms with E-state index in [0.717, 1.165) is 24.2 Å². The molecule has 3 heteroatoms. The van der Waals surface area contributed by atoms with Crippen LogP contribution in [0.5, 0.6) is 5.75 Å². The van der Waals surface area contributed by atoms with Crippen LogP contribution in [-0.4, -0.2) is 19.1 Å². The van der Waals surface area contributed by atoms with E-state index in [9.17, 15) is 0 Å².